The Morgan fingerprint density at radius 2 is 2.36 bits per heavy atom. The first-order chi connectivity index (χ1) is 6.74. The van der Waals surface area contributed by atoms with Crippen molar-refractivity contribution in [1.82, 2.24) is 4.57 Å². The first kappa shape index (κ1) is 10.9. The van der Waals surface area contributed by atoms with Crippen LogP contribution in [0.3, 0.4) is 0 Å². The van der Waals surface area contributed by atoms with Gasteiger partial charge in [0.25, 0.3) is 0 Å². The van der Waals surface area contributed by atoms with Gasteiger partial charge in [-0.2, -0.15) is 0 Å². The van der Waals surface area contributed by atoms with Gasteiger partial charge in [-0.3, -0.25) is 4.79 Å². The Balaban J connectivity index is 2.50. The Morgan fingerprint density at radius 3 is 3.00 bits per heavy atom. The van der Waals surface area contributed by atoms with E-state index in [2.05, 4.69) is 0 Å². The van der Waals surface area contributed by atoms with E-state index in [1.54, 1.807) is 6.92 Å². The lowest BCUT2D eigenvalue weighted by molar-refractivity contribution is -0.143. The highest BCUT2D eigenvalue weighted by Gasteiger charge is 2.01. The Kier molecular flexibility index (Phi) is 4.32. The molecule has 1 aromatic heterocycles. The Labute approximate surface area is 88.3 Å². The summed E-state index contributed by atoms with van der Waals surface area (Å²) in [5.41, 5.74) is 0. The lowest BCUT2D eigenvalue weighted by Gasteiger charge is -2.05. The zero-order chi connectivity index (χ0) is 10.4. The molecule has 4 heteroatoms. The van der Waals surface area contributed by atoms with E-state index in [9.17, 15) is 4.79 Å². The molecule has 0 bridgehead atoms. The number of rotatable bonds is 4. The van der Waals surface area contributed by atoms with Crippen molar-refractivity contribution in [3.8, 4) is 0 Å². The van der Waals surface area contributed by atoms with E-state index in [1.807, 2.05) is 29.0 Å². The summed E-state index contributed by atoms with van der Waals surface area (Å²) in [6.45, 7) is 2.81. The van der Waals surface area contributed by atoms with Crippen molar-refractivity contribution in [2.24, 2.45) is 0 Å². The lowest BCUT2D eigenvalue weighted by Crippen LogP contribution is -2.09. The number of carbonyl (C=O) groups excluding carboxylic acids is 1. The van der Waals surface area contributed by atoms with E-state index < -0.39 is 0 Å². The molecule has 0 N–H and O–H groups in total. The summed E-state index contributed by atoms with van der Waals surface area (Å²) in [6.07, 6.45) is 2.23. The minimum Gasteiger partial charge on any atom is -0.466 e. The SMILES string of the molecule is CCOC(=O)CCn1ccccc1=S. The van der Waals surface area contributed by atoms with Crippen LogP contribution in [0.25, 0.3) is 0 Å². The molecule has 0 saturated heterocycles. The third-order valence-electron chi connectivity index (χ3n) is 1.76. The highest BCUT2D eigenvalue weighted by Crippen LogP contribution is 1.97. The largest absolute Gasteiger partial charge is 0.466 e. The number of aromatic nitrogens is 1. The number of ether oxygens (including phenoxy) is 1. The fourth-order valence-electron chi connectivity index (χ4n) is 1.09. The third-order valence-corrected chi connectivity index (χ3v) is 2.13. The standard InChI is InChI=1S/C10H13NO2S/c1-2-13-10(12)6-8-11-7-4-3-5-9(11)14/h3-5,7H,2,6,8H2,1H3. The average molecular weight is 211 g/mol. The van der Waals surface area contributed by atoms with Crippen molar-refractivity contribution in [3.63, 3.8) is 0 Å². The lowest BCUT2D eigenvalue weighted by atomic mass is 10.4. The minimum absolute atomic E-state index is 0.182. The van der Waals surface area contributed by atoms with Crippen molar-refractivity contribution in [1.29, 1.82) is 0 Å². The average Bonchev–Trinajstić information content (AvgIpc) is 2.17. The van der Waals surface area contributed by atoms with Crippen LogP contribution in [0.15, 0.2) is 24.4 Å². The molecule has 0 aromatic carbocycles. The number of carbonyl (C=O) groups is 1. The van der Waals surface area contributed by atoms with Crippen molar-refractivity contribution in [2.75, 3.05) is 6.61 Å². The van der Waals surface area contributed by atoms with Crippen molar-refractivity contribution in [3.05, 3.63) is 29.0 Å². The van der Waals surface area contributed by atoms with Crippen molar-refractivity contribution >= 4 is 18.2 Å². The van der Waals surface area contributed by atoms with E-state index in [0.29, 0.717) is 19.6 Å². The summed E-state index contributed by atoms with van der Waals surface area (Å²) in [5, 5.41) is 0. The fraction of sp³-hybridized carbons (Fsp3) is 0.400. The Morgan fingerprint density at radius 1 is 1.57 bits per heavy atom. The summed E-state index contributed by atoms with van der Waals surface area (Å²) in [4.78, 5) is 11.1. The number of nitrogens with zero attached hydrogens (tertiary/aromatic N) is 1. The maximum atomic E-state index is 11.1. The van der Waals surface area contributed by atoms with E-state index in [0.717, 1.165) is 4.64 Å². The molecule has 1 heterocycles. The number of esters is 1. The second kappa shape index (κ2) is 5.54. The van der Waals surface area contributed by atoms with Gasteiger partial charge in [-0.05, 0) is 19.1 Å². The molecule has 0 saturated carbocycles. The van der Waals surface area contributed by atoms with Crippen LogP contribution < -0.4 is 0 Å². The van der Waals surface area contributed by atoms with Crippen LogP contribution in [0.2, 0.25) is 0 Å². The minimum atomic E-state index is -0.182. The Hall–Kier alpha value is -1.16. The normalized spacial score (nSPS) is 9.79. The van der Waals surface area contributed by atoms with Gasteiger partial charge in [-0.15, -0.1) is 0 Å². The number of pyridine rings is 1. The summed E-state index contributed by atoms with van der Waals surface area (Å²) in [7, 11) is 0. The third kappa shape index (κ3) is 3.30. The van der Waals surface area contributed by atoms with E-state index in [1.165, 1.54) is 0 Å². The molecule has 0 radical (unpaired) electrons. The van der Waals surface area contributed by atoms with Crippen LogP contribution >= 0.6 is 12.2 Å². The molecule has 0 fully saturated rings. The van der Waals surface area contributed by atoms with Crippen LogP contribution in [0.1, 0.15) is 13.3 Å². The number of aryl methyl sites for hydroxylation is 1. The first-order valence-corrected chi connectivity index (χ1v) is 4.96. The molecule has 0 spiro atoms. The molecular formula is C10H13NO2S. The molecular weight excluding hydrogens is 198 g/mol. The molecule has 1 aromatic rings. The molecule has 0 amide bonds. The summed E-state index contributed by atoms with van der Waals surface area (Å²) >= 11 is 5.08. The quantitative estimate of drug-likeness (QED) is 0.565. The number of hydrogen-bond acceptors (Lipinski definition) is 3. The first-order valence-electron chi connectivity index (χ1n) is 4.55. The molecule has 0 aliphatic carbocycles. The van der Waals surface area contributed by atoms with Gasteiger partial charge in [-0.1, -0.05) is 18.3 Å². The second-order valence-corrected chi connectivity index (χ2v) is 3.21. The van der Waals surface area contributed by atoms with Crippen molar-refractivity contribution < 1.29 is 9.53 Å². The maximum Gasteiger partial charge on any atom is 0.307 e. The molecule has 0 aliphatic heterocycles. The Bertz CT molecular complexity index is 359. The fourth-order valence-corrected chi connectivity index (χ4v) is 1.32. The summed E-state index contributed by atoms with van der Waals surface area (Å²) in [5.74, 6) is -0.182. The predicted octanol–water partition coefficient (Wildman–Crippen LogP) is 2.17. The van der Waals surface area contributed by atoms with Gasteiger partial charge < -0.3 is 9.30 Å². The molecule has 0 unspecified atom stereocenters. The number of hydrogen-bond donors (Lipinski definition) is 0. The smallest absolute Gasteiger partial charge is 0.307 e. The topological polar surface area (TPSA) is 31.2 Å². The zero-order valence-corrected chi connectivity index (χ0v) is 8.92. The molecule has 1 rings (SSSR count). The summed E-state index contributed by atoms with van der Waals surface area (Å²) in [6, 6.07) is 5.60. The van der Waals surface area contributed by atoms with Gasteiger partial charge in [0, 0.05) is 12.7 Å². The highest BCUT2D eigenvalue weighted by molar-refractivity contribution is 7.71. The molecule has 0 aliphatic rings. The second-order valence-electron chi connectivity index (χ2n) is 2.79. The van der Waals surface area contributed by atoms with Crippen LogP contribution in [0.5, 0.6) is 0 Å². The molecule has 76 valence electrons. The summed E-state index contributed by atoms with van der Waals surface area (Å²) < 4.78 is 7.40. The van der Waals surface area contributed by atoms with E-state index >= 15 is 0 Å². The van der Waals surface area contributed by atoms with Crippen LogP contribution in [0, 0.1) is 4.64 Å². The van der Waals surface area contributed by atoms with E-state index in [-0.39, 0.29) is 5.97 Å². The maximum absolute atomic E-state index is 11.1. The van der Waals surface area contributed by atoms with Crippen molar-refractivity contribution in [2.45, 2.75) is 19.9 Å². The van der Waals surface area contributed by atoms with Gasteiger partial charge in [-0.25, -0.2) is 0 Å². The molecule has 14 heavy (non-hydrogen) atoms. The zero-order valence-electron chi connectivity index (χ0n) is 8.10. The highest BCUT2D eigenvalue weighted by atomic mass is 32.1. The van der Waals surface area contributed by atoms with Crippen LogP contribution in [0.4, 0.5) is 0 Å². The molecule has 3 nitrogen and oxygen atoms in total. The monoisotopic (exact) mass is 211 g/mol. The molecule has 0 atom stereocenters. The predicted molar refractivity (Wildman–Crippen MR) is 56.5 cm³/mol. The van der Waals surface area contributed by atoms with Gasteiger partial charge in [0.15, 0.2) is 0 Å². The van der Waals surface area contributed by atoms with Crippen LogP contribution in [-0.2, 0) is 16.1 Å². The van der Waals surface area contributed by atoms with Gasteiger partial charge in [0.1, 0.15) is 4.64 Å². The van der Waals surface area contributed by atoms with E-state index in [4.69, 9.17) is 17.0 Å². The van der Waals surface area contributed by atoms with Gasteiger partial charge in [0.05, 0.1) is 13.0 Å². The van der Waals surface area contributed by atoms with Gasteiger partial charge in [0.2, 0.25) is 0 Å². The van der Waals surface area contributed by atoms with Crippen LogP contribution in [-0.4, -0.2) is 17.1 Å². The van der Waals surface area contributed by atoms with Gasteiger partial charge >= 0.3 is 5.97 Å².